The first-order valence-corrected chi connectivity index (χ1v) is 13.6. The number of hydrogen-bond donors (Lipinski definition) is 4. The lowest BCUT2D eigenvalue weighted by molar-refractivity contribution is -0.128. The lowest BCUT2D eigenvalue weighted by Gasteiger charge is -2.17. The highest BCUT2D eigenvalue weighted by Crippen LogP contribution is 2.44. The zero-order valence-electron chi connectivity index (χ0n) is 20.8. The molecule has 0 spiro atoms. The molecule has 0 aliphatic heterocycles. The van der Waals surface area contributed by atoms with E-state index in [-0.39, 0.29) is 18.4 Å². The minimum Gasteiger partial charge on any atom is -0.390 e. The number of aliphatic hydroxyl groups excluding tert-OH is 2. The molecule has 2 heterocycles. The van der Waals surface area contributed by atoms with E-state index in [1.165, 1.54) is 11.1 Å². The van der Waals surface area contributed by atoms with Crippen LogP contribution >= 0.6 is 11.8 Å². The number of nitrogens with one attached hydrogen (secondary N) is 2. The van der Waals surface area contributed by atoms with E-state index in [0.717, 1.165) is 18.6 Å². The molecule has 1 aromatic carbocycles. The van der Waals surface area contributed by atoms with Crippen molar-refractivity contribution >= 4 is 34.7 Å². The number of anilines is 1. The van der Waals surface area contributed by atoms with Crippen LogP contribution in [0.3, 0.4) is 0 Å². The van der Waals surface area contributed by atoms with Gasteiger partial charge in [-0.15, -0.1) is 5.10 Å². The van der Waals surface area contributed by atoms with Crippen LogP contribution in [0.25, 0.3) is 11.2 Å². The maximum atomic E-state index is 12.4. The topological polar surface area (TPSA) is 138 Å². The molecule has 1 amide bonds. The van der Waals surface area contributed by atoms with E-state index >= 15 is 0 Å². The van der Waals surface area contributed by atoms with Crippen LogP contribution in [-0.2, 0) is 4.79 Å². The van der Waals surface area contributed by atoms with Crippen LogP contribution < -0.4 is 10.6 Å². The summed E-state index contributed by atoms with van der Waals surface area (Å²) in [4.78, 5) is 21.9. The Kier molecular flexibility index (Phi) is 7.14. The summed E-state index contributed by atoms with van der Waals surface area (Å²) < 4.78 is 1.55. The monoisotopic (exact) mass is 511 g/mol. The number of nitrogens with zero attached hydrogens (tertiary/aromatic N) is 5. The van der Waals surface area contributed by atoms with Gasteiger partial charge in [-0.3, -0.25) is 4.79 Å². The normalized spacial score (nSPS) is 27.4. The molecule has 192 valence electrons. The Morgan fingerprint density at radius 1 is 1.14 bits per heavy atom. The van der Waals surface area contributed by atoms with Gasteiger partial charge in [-0.1, -0.05) is 53.7 Å². The van der Waals surface area contributed by atoms with E-state index in [4.69, 9.17) is 9.97 Å². The maximum absolute atomic E-state index is 12.4. The van der Waals surface area contributed by atoms with Crippen LogP contribution in [0.2, 0.25) is 0 Å². The van der Waals surface area contributed by atoms with Gasteiger partial charge in [-0.2, -0.15) is 0 Å². The number of carbonyl (C=O) groups is 1. The molecule has 2 aromatic heterocycles. The Morgan fingerprint density at radius 2 is 1.92 bits per heavy atom. The molecule has 0 saturated heterocycles. The second kappa shape index (κ2) is 10.3. The van der Waals surface area contributed by atoms with Gasteiger partial charge >= 0.3 is 0 Å². The predicted octanol–water partition coefficient (Wildman–Crippen LogP) is 2.42. The van der Waals surface area contributed by atoms with Crippen molar-refractivity contribution in [3.63, 3.8) is 0 Å². The second-order valence-corrected chi connectivity index (χ2v) is 10.8. The summed E-state index contributed by atoms with van der Waals surface area (Å²) >= 11 is 1.56. The Balaban J connectivity index is 1.44. The van der Waals surface area contributed by atoms with E-state index in [9.17, 15) is 15.0 Å². The minimum absolute atomic E-state index is 0.237. The van der Waals surface area contributed by atoms with Crippen LogP contribution in [0.15, 0.2) is 29.4 Å². The molecule has 2 aliphatic carbocycles. The summed E-state index contributed by atoms with van der Waals surface area (Å²) in [6.07, 6.45) is -0.117. The van der Waals surface area contributed by atoms with Gasteiger partial charge < -0.3 is 20.8 Å². The van der Waals surface area contributed by atoms with Gasteiger partial charge in [-0.05, 0) is 38.7 Å². The van der Waals surface area contributed by atoms with E-state index in [0.29, 0.717) is 34.6 Å². The molecule has 3 aromatic rings. The van der Waals surface area contributed by atoms with E-state index in [1.54, 1.807) is 16.4 Å². The number of benzene rings is 1. The van der Waals surface area contributed by atoms with Crippen LogP contribution in [0.1, 0.15) is 56.2 Å². The molecule has 2 fully saturated rings. The third kappa shape index (κ3) is 4.79. The van der Waals surface area contributed by atoms with Gasteiger partial charge in [0.2, 0.25) is 5.91 Å². The lowest BCUT2D eigenvalue weighted by Crippen LogP contribution is -2.38. The number of carbonyl (C=O) groups excluding carboxylic acids is 1. The smallest absolute Gasteiger partial charge is 0.225 e. The van der Waals surface area contributed by atoms with Crippen molar-refractivity contribution in [2.24, 2.45) is 5.92 Å². The predicted molar refractivity (Wildman–Crippen MR) is 138 cm³/mol. The third-order valence-corrected chi connectivity index (χ3v) is 8.06. The summed E-state index contributed by atoms with van der Waals surface area (Å²) in [5, 5.41) is 37.0. The van der Waals surface area contributed by atoms with Gasteiger partial charge in [0.15, 0.2) is 22.1 Å². The van der Waals surface area contributed by atoms with Crippen molar-refractivity contribution in [2.45, 2.75) is 75.4 Å². The number of aliphatic hydroxyl groups is 2. The third-order valence-electron chi connectivity index (χ3n) is 7.01. The Morgan fingerprint density at radius 3 is 2.64 bits per heavy atom. The average Bonchev–Trinajstić information content (AvgIpc) is 3.40. The van der Waals surface area contributed by atoms with Gasteiger partial charge in [0.25, 0.3) is 0 Å². The largest absolute Gasteiger partial charge is 0.390 e. The molecule has 0 radical (unpaired) electrons. The Labute approximate surface area is 214 Å². The quantitative estimate of drug-likeness (QED) is 0.252. The molecule has 10 nitrogen and oxygen atoms in total. The number of aromatic nitrogens is 5. The van der Waals surface area contributed by atoms with E-state index in [1.807, 2.05) is 6.92 Å². The Bertz CT molecular complexity index is 1230. The maximum Gasteiger partial charge on any atom is 0.225 e. The summed E-state index contributed by atoms with van der Waals surface area (Å²) in [7, 11) is 0. The number of amides is 1. The molecule has 5 rings (SSSR count). The van der Waals surface area contributed by atoms with Gasteiger partial charge in [0, 0.05) is 24.3 Å². The molecule has 6 atom stereocenters. The van der Waals surface area contributed by atoms with E-state index < -0.39 is 24.2 Å². The molecule has 2 saturated carbocycles. The highest BCUT2D eigenvalue weighted by atomic mass is 32.2. The fourth-order valence-electron chi connectivity index (χ4n) is 4.92. The van der Waals surface area contributed by atoms with Crippen molar-refractivity contribution in [3.8, 4) is 0 Å². The van der Waals surface area contributed by atoms with Crippen LogP contribution in [0.5, 0.6) is 0 Å². The molecular weight excluding hydrogens is 478 g/mol. The SMILES string of the molecule is CCCSc1nc(NC2CC2c2ccc(C)cc2)c2nnn([C@H]3C[C@@H](C(=O)NCC)[C@H](O)[C@@H]3O)c2n1. The number of fused-ring (bicyclic) bond motifs is 1. The lowest BCUT2D eigenvalue weighted by atomic mass is 10.0. The van der Waals surface area contributed by atoms with Crippen molar-refractivity contribution in [1.82, 2.24) is 30.3 Å². The molecule has 0 bridgehead atoms. The summed E-state index contributed by atoms with van der Waals surface area (Å²) in [6, 6.07) is 8.23. The summed E-state index contributed by atoms with van der Waals surface area (Å²) in [6.45, 7) is 6.47. The first-order valence-electron chi connectivity index (χ1n) is 12.6. The van der Waals surface area contributed by atoms with Gasteiger partial charge in [0.05, 0.1) is 18.1 Å². The standard InChI is InChI=1S/C25H33N7O3S/c1-4-10-36-25-28-22(27-17-11-15(17)14-8-6-13(3)7-9-14)19-23(29-25)32(31-30-19)18-12-16(20(33)21(18)34)24(35)26-5-2/h6-9,15-18,20-21,33-34H,4-5,10-12H2,1-3H3,(H,26,35)(H,27,28,29)/t15?,16-,17?,18+,20+,21-/m1/s1. The first-order chi connectivity index (χ1) is 17.4. The number of aryl methyl sites for hydroxylation is 1. The second-order valence-electron chi connectivity index (χ2n) is 9.70. The van der Waals surface area contributed by atoms with Crippen LogP contribution in [-0.4, -0.2) is 71.6 Å². The number of hydrogen-bond acceptors (Lipinski definition) is 9. The van der Waals surface area contributed by atoms with Crippen molar-refractivity contribution < 1.29 is 15.0 Å². The minimum atomic E-state index is -1.18. The highest BCUT2D eigenvalue weighted by Gasteiger charge is 2.47. The molecule has 11 heteroatoms. The average molecular weight is 512 g/mol. The number of thioether (sulfide) groups is 1. The molecule has 2 unspecified atom stereocenters. The molecule has 2 aliphatic rings. The summed E-state index contributed by atoms with van der Waals surface area (Å²) in [5.74, 6) is 0.897. The van der Waals surface area contributed by atoms with Crippen molar-refractivity contribution in [3.05, 3.63) is 35.4 Å². The number of rotatable bonds is 9. The fourth-order valence-corrected chi connectivity index (χ4v) is 5.61. The first kappa shape index (κ1) is 24.9. The molecular formula is C25H33N7O3S. The molecule has 4 N–H and O–H groups in total. The van der Waals surface area contributed by atoms with E-state index in [2.05, 4.69) is 59.1 Å². The zero-order chi connectivity index (χ0) is 25.4. The van der Waals surface area contributed by atoms with Crippen LogP contribution in [0, 0.1) is 12.8 Å². The van der Waals surface area contributed by atoms with Gasteiger partial charge in [0.1, 0.15) is 6.10 Å². The molecule has 36 heavy (non-hydrogen) atoms. The fraction of sp³-hybridized carbons (Fsp3) is 0.560. The zero-order valence-corrected chi connectivity index (χ0v) is 21.6. The van der Waals surface area contributed by atoms with Crippen molar-refractivity contribution in [1.29, 1.82) is 0 Å². The summed E-state index contributed by atoms with van der Waals surface area (Å²) in [5.41, 5.74) is 3.55. The van der Waals surface area contributed by atoms with Gasteiger partial charge in [-0.25, -0.2) is 14.6 Å². The highest BCUT2D eigenvalue weighted by molar-refractivity contribution is 7.99. The van der Waals surface area contributed by atoms with Crippen molar-refractivity contribution in [2.75, 3.05) is 17.6 Å². The van der Waals surface area contributed by atoms with Crippen LogP contribution in [0.4, 0.5) is 5.82 Å². The Hall–Kier alpha value is -2.76.